The lowest BCUT2D eigenvalue weighted by molar-refractivity contribution is -0.0242. The van der Waals surface area contributed by atoms with E-state index in [1.807, 2.05) is 0 Å². The number of aryl methyl sites for hydroxylation is 2. The molecule has 1 aliphatic carbocycles. The number of nitrogens with zero attached hydrogens (tertiary/aromatic N) is 1. The molecule has 2 unspecified atom stereocenters. The fraction of sp³-hybridized carbons (Fsp3) is 0.714. The maximum absolute atomic E-state index is 13.0. The predicted octanol–water partition coefficient (Wildman–Crippen LogP) is 1.33. The van der Waals surface area contributed by atoms with E-state index in [4.69, 9.17) is 9.15 Å². The third-order valence-electron chi connectivity index (χ3n) is 4.48. The normalized spacial score (nSPS) is 27.0. The van der Waals surface area contributed by atoms with Gasteiger partial charge in [0, 0.05) is 12.1 Å². The number of furan rings is 1. The van der Waals surface area contributed by atoms with Crippen LogP contribution in [-0.4, -0.2) is 43.1 Å². The highest BCUT2D eigenvalue weighted by Gasteiger charge is 2.44. The average molecular weight is 315 g/mol. The minimum Gasteiger partial charge on any atom is -0.465 e. The Bertz CT molecular complexity index is 636. The fourth-order valence-corrected chi connectivity index (χ4v) is 5.61. The molecule has 1 saturated carbocycles. The summed E-state index contributed by atoms with van der Waals surface area (Å²) in [4.78, 5) is 0.134. The van der Waals surface area contributed by atoms with Crippen LogP contribution in [0.4, 0.5) is 0 Å². The van der Waals surface area contributed by atoms with Crippen molar-refractivity contribution in [3.8, 4) is 0 Å². The first-order chi connectivity index (χ1) is 9.96. The van der Waals surface area contributed by atoms with E-state index in [1.165, 1.54) is 0 Å². The molecule has 0 aromatic carbocycles. The lowest BCUT2D eigenvalue weighted by Crippen LogP contribution is -2.51. The summed E-state index contributed by atoms with van der Waals surface area (Å²) in [5.74, 6) is 0.808. The molecule has 118 valence electrons. The predicted molar refractivity (Wildman–Crippen MR) is 75.4 cm³/mol. The largest absolute Gasteiger partial charge is 0.465 e. The molecule has 0 bridgehead atoms. The number of aliphatic hydroxyl groups is 1. The Morgan fingerprint density at radius 1 is 1.29 bits per heavy atom. The van der Waals surface area contributed by atoms with Crippen molar-refractivity contribution in [2.24, 2.45) is 0 Å². The zero-order valence-electron chi connectivity index (χ0n) is 12.3. The monoisotopic (exact) mass is 315 g/mol. The Hall–Kier alpha value is -0.890. The zero-order chi connectivity index (χ0) is 15.2. The summed E-state index contributed by atoms with van der Waals surface area (Å²) in [6, 6.07) is -0.0927. The molecule has 0 radical (unpaired) electrons. The molecule has 2 heterocycles. The van der Waals surface area contributed by atoms with E-state index in [-0.39, 0.29) is 23.6 Å². The van der Waals surface area contributed by atoms with Crippen LogP contribution in [0.2, 0.25) is 0 Å². The van der Waals surface area contributed by atoms with Gasteiger partial charge in [-0.05, 0) is 33.1 Å². The van der Waals surface area contributed by atoms with Gasteiger partial charge in [-0.25, -0.2) is 8.42 Å². The number of hydrogen-bond donors (Lipinski definition) is 1. The van der Waals surface area contributed by atoms with Crippen molar-refractivity contribution in [2.45, 2.75) is 56.8 Å². The highest BCUT2D eigenvalue weighted by atomic mass is 32.2. The van der Waals surface area contributed by atoms with E-state index >= 15 is 0 Å². The first kappa shape index (κ1) is 15.0. The van der Waals surface area contributed by atoms with Crippen LogP contribution in [0.15, 0.2) is 9.31 Å². The number of hydrogen-bond acceptors (Lipinski definition) is 5. The number of morpholine rings is 1. The quantitative estimate of drug-likeness (QED) is 0.910. The highest BCUT2D eigenvalue weighted by Crippen LogP contribution is 2.36. The molecule has 1 aliphatic heterocycles. The summed E-state index contributed by atoms with van der Waals surface area (Å²) in [6.07, 6.45) is 2.72. The van der Waals surface area contributed by atoms with Crippen LogP contribution in [0.1, 0.15) is 36.3 Å². The van der Waals surface area contributed by atoms with Gasteiger partial charge >= 0.3 is 0 Å². The van der Waals surface area contributed by atoms with Crippen LogP contribution >= 0.6 is 0 Å². The Morgan fingerprint density at radius 3 is 2.76 bits per heavy atom. The second-order valence-electron chi connectivity index (χ2n) is 5.70. The van der Waals surface area contributed by atoms with E-state index in [0.29, 0.717) is 30.2 Å². The molecule has 1 saturated heterocycles. The smallest absolute Gasteiger partial charge is 0.247 e. The van der Waals surface area contributed by atoms with Crippen LogP contribution in [0.3, 0.4) is 0 Å². The average Bonchev–Trinajstić information content (AvgIpc) is 3.01. The molecular weight excluding hydrogens is 294 g/mol. The van der Waals surface area contributed by atoms with Gasteiger partial charge in [0.05, 0.1) is 25.4 Å². The van der Waals surface area contributed by atoms with Crippen LogP contribution in [-0.2, 0) is 21.4 Å². The van der Waals surface area contributed by atoms with Crippen molar-refractivity contribution in [3.05, 3.63) is 17.1 Å². The Labute approximate surface area is 124 Å². The van der Waals surface area contributed by atoms with Gasteiger partial charge in [-0.15, -0.1) is 0 Å². The SMILES string of the molecule is Cc1oc(C)c(S(=O)(=O)N2CCOC3CCCC32)c1CO. The minimum atomic E-state index is -3.67. The molecular formula is C14H21NO5S. The maximum atomic E-state index is 13.0. The van der Waals surface area contributed by atoms with Crippen LogP contribution < -0.4 is 0 Å². The topological polar surface area (TPSA) is 80.0 Å². The second kappa shape index (κ2) is 5.39. The van der Waals surface area contributed by atoms with E-state index < -0.39 is 10.0 Å². The van der Waals surface area contributed by atoms with Gasteiger partial charge in [0.25, 0.3) is 0 Å². The van der Waals surface area contributed by atoms with Gasteiger partial charge < -0.3 is 14.3 Å². The molecule has 0 spiro atoms. The molecule has 0 amide bonds. The Kier molecular flexibility index (Phi) is 3.85. The lowest BCUT2D eigenvalue weighted by Gasteiger charge is -2.36. The van der Waals surface area contributed by atoms with Crippen molar-refractivity contribution in [2.75, 3.05) is 13.2 Å². The summed E-state index contributed by atoms with van der Waals surface area (Å²) < 4.78 is 38.7. The molecule has 6 nitrogen and oxygen atoms in total. The van der Waals surface area contributed by atoms with Crippen LogP contribution in [0.25, 0.3) is 0 Å². The van der Waals surface area contributed by atoms with E-state index in [0.717, 1.165) is 19.3 Å². The van der Waals surface area contributed by atoms with Crippen molar-refractivity contribution in [3.63, 3.8) is 0 Å². The maximum Gasteiger partial charge on any atom is 0.247 e. The highest BCUT2D eigenvalue weighted by molar-refractivity contribution is 7.89. The third-order valence-corrected chi connectivity index (χ3v) is 6.60. The molecule has 2 atom stereocenters. The van der Waals surface area contributed by atoms with E-state index in [9.17, 15) is 13.5 Å². The second-order valence-corrected chi connectivity index (χ2v) is 7.53. The molecule has 1 aromatic rings. The molecule has 2 aliphatic rings. The molecule has 21 heavy (non-hydrogen) atoms. The minimum absolute atomic E-state index is 0.000550. The number of fused-ring (bicyclic) bond motifs is 1. The number of rotatable bonds is 3. The zero-order valence-corrected chi connectivity index (χ0v) is 13.1. The standard InChI is InChI=1S/C14H21NO5S/c1-9-11(8-16)14(10(2)20-9)21(17,18)15-6-7-19-13-5-3-4-12(13)15/h12-13,16H,3-8H2,1-2H3. The van der Waals surface area contributed by atoms with Crippen molar-refractivity contribution in [1.29, 1.82) is 0 Å². The lowest BCUT2D eigenvalue weighted by atomic mass is 10.2. The van der Waals surface area contributed by atoms with Crippen molar-refractivity contribution >= 4 is 10.0 Å². The molecule has 1 aromatic heterocycles. The molecule has 3 rings (SSSR count). The van der Waals surface area contributed by atoms with Crippen LogP contribution in [0.5, 0.6) is 0 Å². The van der Waals surface area contributed by atoms with Crippen molar-refractivity contribution in [1.82, 2.24) is 4.31 Å². The first-order valence-electron chi connectivity index (χ1n) is 7.30. The third kappa shape index (κ3) is 2.32. The van der Waals surface area contributed by atoms with Gasteiger partial charge in [-0.2, -0.15) is 4.31 Å². The van der Waals surface area contributed by atoms with Gasteiger partial charge in [-0.3, -0.25) is 0 Å². The molecule has 2 fully saturated rings. The number of ether oxygens (including phenoxy) is 1. The van der Waals surface area contributed by atoms with E-state index in [1.54, 1.807) is 18.2 Å². The molecule has 7 heteroatoms. The van der Waals surface area contributed by atoms with Gasteiger partial charge in [-0.1, -0.05) is 0 Å². The summed E-state index contributed by atoms with van der Waals surface area (Å²) in [7, 11) is -3.67. The van der Waals surface area contributed by atoms with Crippen molar-refractivity contribution < 1.29 is 22.7 Å². The van der Waals surface area contributed by atoms with Gasteiger partial charge in [0.2, 0.25) is 10.0 Å². The Balaban J connectivity index is 2.04. The van der Waals surface area contributed by atoms with E-state index in [2.05, 4.69) is 0 Å². The fourth-order valence-electron chi connectivity index (χ4n) is 3.54. The van der Waals surface area contributed by atoms with Crippen LogP contribution in [0, 0.1) is 13.8 Å². The van der Waals surface area contributed by atoms with Gasteiger partial charge in [0.15, 0.2) is 0 Å². The van der Waals surface area contributed by atoms with Gasteiger partial charge in [0.1, 0.15) is 16.4 Å². The summed E-state index contributed by atoms with van der Waals surface area (Å²) in [5.41, 5.74) is 0.369. The summed E-state index contributed by atoms with van der Waals surface area (Å²) in [5, 5.41) is 9.49. The first-order valence-corrected chi connectivity index (χ1v) is 8.74. The number of sulfonamides is 1. The Morgan fingerprint density at radius 2 is 2.05 bits per heavy atom. The molecule has 1 N–H and O–H groups in total. The summed E-state index contributed by atoms with van der Waals surface area (Å²) in [6.45, 7) is 3.75. The number of aliphatic hydroxyl groups excluding tert-OH is 1. The summed E-state index contributed by atoms with van der Waals surface area (Å²) >= 11 is 0.